The highest BCUT2D eigenvalue weighted by Crippen LogP contribution is 2.24. The number of rotatable bonds is 4. The zero-order valence-electron chi connectivity index (χ0n) is 14.3. The van der Waals surface area contributed by atoms with Crippen molar-refractivity contribution in [1.82, 2.24) is 15.1 Å². The van der Waals surface area contributed by atoms with Gasteiger partial charge in [0, 0.05) is 18.3 Å². The number of aromatic nitrogens is 2. The molecule has 3 aromatic rings. The Kier molecular flexibility index (Phi) is 5.04. The van der Waals surface area contributed by atoms with E-state index in [4.69, 9.17) is 11.6 Å². The minimum absolute atomic E-state index is 0.257. The van der Waals surface area contributed by atoms with Gasteiger partial charge in [0.05, 0.1) is 16.4 Å². The second-order valence-electron chi connectivity index (χ2n) is 5.65. The van der Waals surface area contributed by atoms with E-state index in [0.717, 1.165) is 11.4 Å². The van der Waals surface area contributed by atoms with Gasteiger partial charge in [0.2, 0.25) is 0 Å². The number of hydrogen-bond donors (Lipinski definition) is 2. The zero-order valence-corrected chi connectivity index (χ0v) is 15.0. The number of nitrogens with one attached hydrogen (secondary N) is 2. The average Bonchev–Trinajstić information content (AvgIpc) is 3.05. The highest BCUT2D eigenvalue weighted by Gasteiger charge is 2.16. The van der Waals surface area contributed by atoms with Gasteiger partial charge in [-0.1, -0.05) is 29.8 Å². The first-order chi connectivity index (χ1) is 12.5. The number of halogens is 1. The molecule has 3 rings (SSSR count). The molecule has 0 aliphatic heterocycles. The molecule has 0 bridgehead atoms. The van der Waals surface area contributed by atoms with E-state index in [-0.39, 0.29) is 11.6 Å². The Bertz CT molecular complexity index is 967. The Hall–Kier alpha value is -3.12. The van der Waals surface area contributed by atoms with Gasteiger partial charge in [0.25, 0.3) is 11.8 Å². The van der Waals surface area contributed by atoms with E-state index < -0.39 is 5.91 Å². The Balaban J connectivity index is 1.86. The van der Waals surface area contributed by atoms with Crippen molar-refractivity contribution in [2.45, 2.75) is 6.92 Å². The molecule has 0 atom stereocenters. The van der Waals surface area contributed by atoms with E-state index in [9.17, 15) is 9.59 Å². The topological polar surface area (TPSA) is 76.0 Å². The molecule has 0 spiro atoms. The summed E-state index contributed by atoms with van der Waals surface area (Å²) in [5.41, 5.74) is 2.70. The second-order valence-corrected chi connectivity index (χ2v) is 6.05. The Morgan fingerprint density at radius 2 is 1.77 bits per heavy atom. The van der Waals surface area contributed by atoms with Gasteiger partial charge < -0.3 is 10.6 Å². The normalized spacial score (nSPS) is 10.4. The first-order valence-corrected chi connectivity index (χ1v) is 8.32. The van der Waals surface area contributed by atoms with Crippen LogP contribution in [0.2, 0.25) is 5.02 Å². The molecule has 0 unspecified atom stereocenters. The van der Waals surface area contributed by atoms with Crippen LogP contribution in [0.25, 0.3) is 5.69 Å². The largest absolute Gasteiger partial charge is 0.355 e. The molecule has 1 heterocycles. The zero-order chi connectivity index (χ0) is 18.7. The first-order valence-electron chi connectivity index (χ1n) is 7.94. The van der Waals surface area contributed by atoms with Crippen molar-refractivity contribution >= 4 is 29.1 Å². The molecule has 1 aromatic heterocycles. The highest BCUT2D eigenvalue weighted by molar-refractivity contribution is 6.34. The molecule has 0 fully saturated rings. The maximum Gasteiger partial charge on any atom is 0.276 e. The molecule has 2 aromatic carbocycles. The van der Waals surface area contributed by atoms with Crippen LogP contribution in [0.5, 0.6) is 0 Å². The minimum Gasteiger partial charge on any atom is -0.355 e. The summed E-state index contributed by atoms with van der Waals surface area (Å²) < 4.78 is 1.69. The van der Waals surface area contributed by atoms with Gasteiger partial charge in [-0.2, -0.15) is 5.10 Å². The van der Waals surface area contributed by atoms with E-state index in [0.29, 0.717) is 16.3 Å². The summed E-state index contributed by atoms with van der Waals surface area (Å²) in [4.78, 5) is 24.3. The van der Waals surface area contributed by atoms with Crippen molar-refractivity contribution in [3.8, 4) is 5.69 Å². The number of aryl methyl sites for hydroxylation is 1. The number of carbonyl (C=O) groups excluding carboxylic acids is 2. The number of anilines is 1. The fourth-order valence-corrected chi connectivity index (χ4v) is 2.67. The summed E-state index contributed by atoms with van der Waals surface area (Å²) in [6, 6.07) is 15.9. The van der Waals surface area contributed by atoms with Crippen molar-refractivity contribution in [3.63, 3.8) is 0 Å². The summed E-state index contributed by atoms with van der Waals surface area (Å²) in [7, 11) is 1.54. The third kappa shape index (κ3) is 3.60. The standard InChI is InChI=1S/C19H17ClN4O2/c1-12-10-17(23-24(12)14-6-4-3-5-7-14)19(26)22-16-11-13(18(25)21-2)8-9-15(16)20/h3-11H,1-2H3,(H,21,25)(H,22,26). The van der Waals surface area contributed by atoms with E-state index in [2.05, 4.69) is 15.7 Å². The summed E-state index contributed by atoms with van der Waals surface area (Å²) in [6.07, 6.45) is 0. The Labute approximate surface area is 155 Å². The Morgan fingerprint density at radius 1 is 1.04 bits per heavy atom. The molecule has 7 heteroatoms. The van der Waals surface area contributed by atoms with Crippen LogP contribution >= 0.6 is 11.6 Å². The molecule has 6 nitrogen and oxygen atoms in total. The number of amides is 2. The molecule has 132 valence electrons. The molecule has 0 saturated heterocycles. The van der Waals surface area contributed by atoms with Crippen molar-refractivity contribution in [1.29, 1.82) is 0 Å². The Morgan fingerprint density at radius 3 is 2.46 bits per heavy atom. The predicted molar refractivity (Wildman–Crippen MR) is 101 cm³/mol. The lowest BCUT2D eigenvalue weighted by Gasteiger charge is -2.08. The van der Waals surface area contributed by atoms with Crippen molar-refractivity contribution in [2.75, 3.05) is 12.4 Å². The lowest BCUT2D eigenvalue weighted by Crippen LogP contribution is -2.19. The van der Waals surface area contributed by atoms with Crippen LogP contribution in [0.1, 0.15) is 26.5 Å². The van der Waals surface area contributed by atoms with Gasteiger partial charge in [0.15, 0.2) is 5.69 Å². The van der Waals surface area contributed by atoms with E-state index in [1.807, 2.05) is 37.3 Å². The molecule has 0 saturated carbocycles. The molecular formula is C19H17ClN4O2. The van der Waals surface area contributed by atoms with Crippen LogP contribution in [0.3, 0.4) is 0 Å². The van der Waals surface area contributed by atoms with E-state index in [1.54, 1.807) is 22.9 Å². The first kappa shape index (κ1) is 17.7. The van der Waals surface area contributed by atoms with Crippen LogP contribution in [-0.4, -0.2) is 28.6 Å². The molecule has 2 N–H and O–H groups in total. The van der Waals surface area contributed by atoms with E-state index >= 15 is 0 Å². The van der Waals surface area contributed by atoms with Crippen molar-refractivity contribution in [2.24, 2.45) is 0 Å². The predicted octanol–water partition coefficient (Wildman–Crippen LogP) is 3.45. The lowest BCUT2D eigenvalue weighted by molar-refractivity contribution is 0.0961. The fraction of sp³-hybridized carbons (Fsp3) is 0.105. The highest BCUT2D eigenvalue weighted by atomic mass is 35.5. The molecule has 0 aliphatic rings. The SMILES string of the molecule is CNC(=O)c1ccc(Cl)c(NC(=O)c2cc(C)n(-c3ccccc3)n2)c1. The summed E-state index contributed by atoms with van der Waals surface area (Å²) in [5, 5.41) is 9.94. The molecule has 2 amide bonds. The lowest BCUT2D eigenvalue weighted by atomic mass is 10.2. The number of nitrogens with zero attached hydrogens (tertiary/aromatic N) is 2. The quantitative estimate of drug-likeness (QED) is 0.740. The maximum atomic E-state index is 12.6. The van der Waals surface area contributed by atoms with Gasteiger partial charge in [0.1, 0.15) is 0 Å². The minimum atomic E-state index is -0.404. The summed E-state index contributed by atoms with van der Waals surface area (Å²) in [5.74, 6) is -0.667. The van der Waals surface area contributed by atoms with Crippen molar-refractivity contribution < 1.29 is 9.59 Å². The van der Waals surface area contributed by atoms with Gasteiger partial charge >= 0.3 is 0 Å². The average molecular weight is 369 g/mol. The monoisotopic (exact) mass is 368 g/mol. The summed E-state index contributed by atoms with van der Waals surface area (Å²) in [6.45, 7) is 1.87. The van der Waals surface area contributed by atoms with Crippen LogP contribution < -0.4 is 10.6 Å². The molecule has 0 radical (unpaired) electrons. The van der Waals surface area contributed by atoms with E-state index in [1.165, 1.54) is 13.1 Å². The van der Waals surface area contributed by atoms with Crippen molar-refractivity contribution in [3.05, 3.63) is 76.6 Å². The molecule has 0 aliphatic carbocycles. The van der Waals surface area contributed by atoms with Crippen LogP contribution in [0.15, 0.2) is 54.6 Å². The fourth-order valence-electron chi connectivity index (χ4n) is 2.51. The van der Waals surface area contributed by atoms with Gasteiger partial charge in [-0.25, -0.2) is 4.68 Å². The van der Waals surface area contributed by atoms with Gasteiger partial charge in [-0.05, 0) is 43.3 Å². The van der Waals surface area contributed by atoms with Crippen LogP contribution in [-0.2, 0) is 0 Å². The number of para-hydroxylation sites is 1. The third-order valence-corrected chi connectivity index (χ3v) is 4.15. The smallest absolute Gasteiger partial charge is 0.276 e. The summed E-state index contributed by atoms with van der Waals surface area (Å²) >= 11 is 6.14. The van der Waals surface area contributed by atoms with Gasteiger partial charge in [-0.3, -0.25) is 9.59 Å². The number of benzene rings is 2. The third-order valence-electron chi connectivity index (χ3n) is 3.82. The maximum absolute atomic E-state index is 12.6. The molecule has 26 heavy (non-hydrogen) atoms. The van der Waals surface area contributed by atoms with Crippen LogP contribution in [0.4, 0.5) is 5.69 Å². The second kappa shape index (κ2) is 7.41. The van der Waals surface area contributed by atoms with Gasteiger partial charge in [-0.15, -0.1) is 0 Å². The number of carbonyl (C=O) groups is 2. The number of hydrogen-bond acceptors (Lipinski definition) is 3. The van der Waals surface area contributed by atoms with Crippen LogP contribution in [0, 0.1) is 6.92 Å². The molecular weight excluding hydrogens is 352 g/mol.